The van der Waals surface area contributed by atoms with Crippen molar-refractivity contribution in [2.45, 2.75) is 13.0 Å². The Kier molecular flexibility index (Phi) is 1.46. The highest BCUT2D eigenvalue weighted by molar-refractivity contribution is 6.01. The van der Waals surface area contributed by atoms with Gasteiger partial charge in [-0.3, -0.25) is 4.79 Å². The molecule has 1 amide bonds. The first-order chi connectivity index (χ1) is 5.77. The molecular weight excluding hydrogens is 154 g/mol. The van der Waals surface area contributed by atoms with Crippen LogP contribution in [0.4, 0.5) is 11.5 Å². The Morgan fingerprint density at radius 2 is 2.42 bits per heavy atom. The van der Waals surface area contributed by atoms with E-state index >= 15 is 0 Å². The van der Waals surface area contributed by atoms with Gasteiger partial charge in [0.25, 0.3) is 0 Å². The van der Waals surface area contributed by atoms with E-state index in [0.717, 1.165) is 11.5 Å². The van der Waals surface area contributed by atoms with E-state index in [0.29, 0.717) is 0 Å². The number of pyridine rings is 1. The monoisotopic (exact) mass is 163 g/mol. The highest BCUT2D eigenvalue weighted by atomic mass is 16.2. The Labute approximate surface area is 70.0 Å². The third-order valence-electron chi connectivity index (χ3n) is 1.81. The molecule has 0 radical (unpaired) electrons. The molecule has 1 aromatic heterocycles. The smallest absolute Gasteiger partial charge is 0.246 e. The zero-order valence-electron chi connectivity index (χ0n) is 6.66. The molecule has 1 aliphatic heterocycles. The van der Waals surface area contributed by atoms with Gasteiger partial charge in [-0.15, -0.1) is 0 Å². The third-order valence-corrected chi connectivity index (χ3v) is 1.81. The summed E-state index contributed by atoms with van der Waals surface area (Å²) < 4.78 is 0. The fourth-order valence-electron chi connectivity index (χ4n) is 1.13. The molecule has 62 valence electrons. The van der Waals surface area contributed by atoms with Crippen LogP contribution in [-0.2, 0) is 4.79 Å². The molecule has 0 aromatic carbocycles. The molecule has 2 rings (SSSR count). The number of hydrogen-bond donors (Lipinski definition) is 2. The van der Waals surface area contributed by atoms with Gasteiger partial charge in [-0.05, 0) is 19.1 Å². The maximum atomic E-state index is 11.2. The Morgan fingerprint density at radius 1 is 1.58 bits per heavy atom. The highest BCUT2D eigenvalue weighted by Gasteiger charge is 2.21. The average molecular weight is 163 g/mol. The van der Waals surface area contributed by atoms with Crippen LogP contribution < -0.4 is 10.6 Å². The van der Waals surface area contributed by atoms with Gasteiger partial charge in [0, 0.05) is 6.20 Å². The number of carbonyl (C=O) groups is 1. The number of aromatic nitrogens is 1. The second-order valence-corrected chi connectivity index (χ2v) is 2.75. The van der Waals surface area contributed by atoms with Crippen LogP contribution >= 0.6 is 0 Å². The molecule has 2 heterocycles. The van der Waals surface area contributed by atoms with Crippen molar-refractivity contribution >= 4 is 17.4 Å². The molecule has 1 aliphatic rings. The molecule has 2 N–H and O–H groups in total. The van der Waals surface area contributed by atoms with Gasteiger partial charge in [-0.2, -0.15) is 0 Å². The first-order valence-electron chi connectivity index (χ1n) is 3.80. The number of nitrogens with one attached hydrogen (secondary N) is 2. The lowest BCUT2D eigenvalue weighted by atomic mass is 10.2. The van der Waals surface area contributed by atoms with Crippen LogP contribution in [0.3, 0.4) is 0 Å². The number of rotatable bonds is 0. The second kappa shape index (κ2) is 2.48. The van der Waals surface area contributed by atoms with E-state index in [1.807, 2.05) is 6.07 Å². The standard InChI is InChI=1S/C8H9N3O/c1-5-8(12)11-6-3-2-4-9-7(6)10-5/h2-5H,1H3,(H,9,10)(H,11,12). The van der Waals surface area contributed by atoms with Crippen molar-refractivity contribution < 1.29 is 4.79 Å². The van der Waals surface area contributed by atoms with Crippen LogP contribution in [0.5, 0.6) is 0 Å². The zero-order chi connectivity index (χ0) is 8.55. The fourth-order valence-corrected chi connectivity index (χ4v) is 1.13. The molecule has 1 unspecified atom stereocenters. The lowest BCUT2D eigenvalue weighted by molar-refractivity contribution is -0.116. The first kappa shape index (κ1) is 7.09. The summed E-state index contributed by atoms with van der Waals surface area (Å²) >= 11 is 0. The lowest BCUT2D eigenvalue weighted by Gasteiger charge is -2.22. The van der Waals surface area contributed by atoms with Gasteiger partial charge < -0.3 is 10.6 Å². The summed E-state index contributed by atoms with van der Waals surface area (Å²) in [6.07, 6.45) is 1.69. The topological polar surface area (TPSA) is 54.0 Å². The number of fused-ring (bicyclic) bond motifs is 1. The van der Waals surface area contributed by atoms with Crippen molar-refractivity contribution in [2.24, 2.45) is 0 Å². The third kappa shape index (κ3) is 1.01. The van der Waals surface area contributed by atoms with Gasteiger partial charge >= 0.3 is 0 Å². The van der Waals surface area contributed by atoms with Crippen LogP contribution in [0.25, 0.3) is 0 Å². The molecule has 4 heteroatoms. The molecular formula is C8H9N3O. The molecule has 0 aliphatic carbocycles. The molecule has 1 aromatic rings. The summed E-state index contributed by atoms with van der Waals surface area (Å²) in [5.74, 6) is 0.722. The number of amides is 1. The largest absolute Gasteiger partial charge is 0.357 e. The summed E-state index contributed by atoms with van der Waals surface area (Å²) in [4.78, 5) is 15.2. The molecule has 12 heavy (non-hydrogen) atoms. The van der Waals surface area contributed by atoms with E-state index in [4.69, 9.17) is 0 Å². The Hall–Kier alpha value is -1.58. The van der Waals surface area contributed by atoms with Gasteiger partial charge in [0.2, 0.25) is 5.91 Å². The molecule has 1 atom stereocenters. The number of carbonyl (C=O) groups excluding carboxylic acids is 1. The Morgan fingerprint density at radius 3 is 3.25 bits per heavy atom. The minimum atomic E-state index is -0.201. The molecule has 0 fully saturated rings. The molecule has 4 nitrogen and oxygen atoms in total. The van der Waals surface area contributed by atoms with Gasteiger partial charge in [0.1, 0.15) is 11.9 Å². The zero-order valence-corrected chi connectivity index (χ0v) is 6.66. The van der Waals surface area contributed by atoms with Gasteiger partial charge in [-0.1, -0.05) is 0 Å². The van der Waals surface area contributed by atoms with Gasteiger partial charge in [-0.25, -0.2) is 4.98 Å². The van der Waals surface area contributed by atoms with E-state index < -0.39 is 0 Å². The highest BCUT2D eigenvalue weighted by Crippen LogP contribution is 2.22. The lowest BCUT2D eigenvalue weighted by Crippen LogP contribution is -2.36. The van der Waals surface area contributed by atoms with E-state index in [-0.39, 0.29) is 11.9 Å². The average Bonchev–Trinajstić information content (AvgIpc) is 2.07. The van der Waals surface area contributed by atoms with Crippen LogP contribution in [0.1, 0.15) is 6.92 Å². The van der Waals surface area contributed by atoms with Crippen molar-refractivity contribution in [3.63, 3.8) is 0 Å². The molecule has 0 bridgehead atoms. The predicted octanol–water partition coefficient (Wildman–Crippen LogP) is 0.834. The predicted molar refractivity (Wildman–Crippen MR) is 46.0 cm³/mol. The summed E-state index contributed by atoms with van der Waals surface area (Å²) in [7, 11) is 0. The summed E-state index contributed by atoms with van der Waals surface area (Å²) in [6, 6.07) is 3.41. The van der Waals surface area contributed by atoms with Gasteiger partial charge in [0.05, 0.1) is 5.69 Å². The maximum absolute atomic E-state index is 11.2. The quantitative estimate of drug-likeness (QED) is 0.595. The van der Waals surface area contributed by atoms with Crippen molar-refractivity contribution in [1.29, 1.82) is 0 Å². The fraction of sp³-hybridized carbons (Fsp3) is 0.250. The van der Waals surface area contributed by atoms with Gasteiger partial charge in [0.15, 0.2) is 0 Å². The Balaban J connectivity index is 2.40. The minimum absolute atomic E-state index is 0.0181. The normalized spacial score (nSPS) is 20.8. The number of hydrogen-bond acceptors (Lipinski definition) is 3. The van der Waals surface area contributed by atoms with Crippen LogP contribution in [0.15, 0.2) is 18.3 Å². The van der Waals surface area contributed by atoms with Crippen molar-refractivity contribution in [3.8, 4) is 0 Å². The van der Waals surface area contributed by atoms with E-state index in [9.17, 15) is 4.79 Å². The molecule has 0 spiro atoms. The second-order valence-electron chi connectivity index (χ2n) is 2.75. The van der Waals surface area contributed by atoms with Crippen LogP contribution in [-0.4, -0.2) is 16.9 Å². The first-order valence-corrected chi connectivity index (χ1v) is 3.80. The summed E-state index contributed by atoms with van der Waals surface area (Å²) in [6.45, 7) is 1.80. The molecule has 0 saturated heterocycles. The number of nitrogens with zero attached hydrogens (tertiary/aromatic N) is 1. The number of anilines is 2. The van der Waals surface area contributed by atoms with E-state index in [1.54, 1.807) is 19.2 Å². The Bertz CT molecular complexity index is 324. The van der Waals surface area contributed by atoms with E-state index in [2.05, 4.69) is 15.6 Å². The summed E-state index contributed by atoms with van der Waals surface area (Å²) in [5.41, 5.74) is 0.751. The SMILES string of the molecule is CC1Nc2ncccc2NC1=O. The minimum Gasteiger partial charge on any atom is -0.357 e. The van der Waals surface area contributed by atoms with Crippen molar-refractivity contribution in [2.75, 3.05) is 10.6 Å². The van der Waals surface area contributed by atoms with E-state index in [1.165, 1.54) is 0 Å². The van der Waals surface area contributed by atoms with Crippen LogP contribution in [0.2, 0.25) is 0 Å². The van der Waals surface area contributed by atoms with Crippen molar-refractivity contribution in [3.05, 3.63) is 18.3 Å². The molecule has 0 saturated carbocycles. The van der Waals surface area contributed by atoms with Crippen LogP contribution in [0, 0.1) is 0 Å². The summed E-state index contributed by atoms with van der Waals surface area (Å²) in [5, 5.41) is 5.73. The maximum Gasteiger partial charge on any atom is 0.246 e. The van der Waals surface area contributed by atoms with Crippen molar-refractivity contribution in [1.82, 2.24) is 4.98 Å².